The quantitative estimate of drug-likeness (QED) is 0.0910. The Hall–Kier alpha value is -4.88. The Balaban J connectivity index is 1.68. The van der Waals surface area contributed by atoms with Crippen LogP contribution in [0.2, 0.25) is 0 Å². The Morgan fingerprint density at radius 3 is 2.38 bits per heavy atom. The van der Waals surface area contributed by atoms with Crippen LogP contribution in [0.3, 0.4) is 0 Å². The van der Waals surface area contributed by atoms with Gasteiger partial charge in [-0.15, -0.1) is 6.58 Å². The third-order valence-corrected chi connectivity index (χ3v) is 7.98. The molecule has 14 nitrogen and oxygen atoms in total. The molecule has 3 aromatic rings. The number of nitrogens with zero attached hydrogens (tertiary/aromatic N) is 2. The van der Waals surface area contributed by atoms with Gasteiger partial charge in [0.1, 0.15) is 18.0 Å². The highest BCUT2D eigenvalue weighted by molar-refractivity contribution is 7.46. The third kappa shape index (κ3) is 9.81. The number of amides is 4. The van der Waals surface area contributed by atoms with Gasteiger partial charge in [0.25, 0.3) is 0 Å². The second-order valence-corrected chi connectivity index (χ2v) is 12.0. The molecule has 0 saturated carbocycles. The number of ether oxygens (including phenoxy) is 2. The molecule has 5 N–H and O–H groups in total. The van der Waals surface area contributed by atoms with Crippen molar-refractivity contribution >= 4 is 25.7 Å². The van der Waals surface area contributed by atoms with E-state index in [0.29, 0.717) is 29.2 Å². The lowest BCUT2D eigenvalue weighted by Gasteiger charge is -2.46. The molecular weight excluding hydrogens is 641 g/mol. The van der Waals surface area contributed by atoms with Gasteiger partial charge in [0.05, 0.1) is 27.3 Å². The summed E-state index contributed by atoms with van der Waals surface area (Å²) in [5.74, 6) is 0.0553. The minimum atomic E-state index is -4.78. The first-order valence-corrected chi connectivity index (χ1v) is 16.6. The van der Waals surface area contributed by atoms with Crippen molar-refractivity contribution in [3.8, 4) is 17.2 Å². The van der Waals surface area contributed by atoms with Crippen LogP contribution in [0.4, 0.5) is 4.79 Å². The van der Waals surface area contributed by atoms with Crippen molar-refractivity contribution in [3.63, 3.8) is 0 Å². The number of methoxy groups -OCH3 is 2. The number of urea groups is 1. The lowest BCUT2D eigenvalue weighted by Crippen LogP contribution is -2.69. The van der Waals surface area contributed by atoms with Crippen LogP contribution in [0.15, 0.2) is 85.5 Å². The molecular formula is C33H40N5O9P. The van der Waals surface area contributed by atoms with Crippen LogP contribution in [0.25, 0.3) is 0 Å². The number of phosphoric acid groups is 1. The van der Waals surface area contributed by atoms with E-state index in [1.54, 1.807) is 41.3 Å². The van der Waals surface area contributed by atoms with E-state index in [2.05, 4.69) is 27.1 Å². The predicted molar refractivity (Wildman–Crippen MR) is 177 cm³/mol. The van der Waals surface area contributed by atoms with Crippen molar-refractivity contribution in [2.45, 2.75) is 31.7 Å². The number of hydrogen-bond acceptors (Lipinski definition) is 8. The van der Waals surface area contributed by atoms with Gasteiger partial charge in [-0.05, 0) is 29.3 Å². The highest BCUT2D eigenvalue weighted by Crippen LogP contribution is 2.37. The highest BCUT2D eigenvalue weighted by atomic mass is 31.2. The molecule has 0 unspecified atom stereocenters. The third-order valence-electron chi connectivity index (χ3n) is 7.53. The van der Waals surface area contributed by atoms with Crippen LogP contribution in [0, 0.1) is 0 Å². The van der Waals surface area contributed by atoms with Gasteiger partial charge in [0, 0.05) is 31.6 Å². The maximum atomic E-state index is 14.3. The fourth-order valence-corrected chi connectivity index (χ4v) is 5.80. The average Bonchev–Trinajstić information content (AvgIpc) is 3.06. The van der Waals surface area contributed by atoms with Crippen molar-refractivity contribution in [2.24, 2.45) is 0 Å². The van der Waals surface area contributed by atoms with Gasteiger partial charge in [-0.1, -0.05) is 60.7 Å². The van der Waals surface area contributed by atoms with Crippen molar-refractivity contribution < 1.29 is 42.7 Å². The standard InChI is InChI=1S/C33H40N5O9P/c1-4-17-34-20-30(39)38-27(18-23-13-15-26(16-14-23)47-48(42,43)44)32(40)37(21-25-11-8-12-28(45-2)31(25)46-3)22-29(38)36-33(41)35-19-24-9-6-5-7-10-24/h4-16,27,29,34H,1,17-22H2,2-3H3,(H2,35,36,41)(H2,42,43,44)/t27-,29+/m0/s1. The van der Waals surface area contributed by atoms with Crippen LogP contribution >= 0.6 is 7.82 Å². The Kier molecular flexibility index (Phi) is 12.6. The van der Waals surface area contributed by atoms with E-state index in [1.165, 1.54) is 31.3 Å². The Labute approximate surface area is 278 Å². The minimum absolute atomic E-state index is 0.0256. The molecule has 0 bridgehead atoms. The smallest absolute Gasteiger partial charge is 0.493 e. The largest absolute Gasteiger partial charge is 0.524 e. The van der Waals surface area contributed by atoms with Crippen molar-refractivity contribution in [1.29, 1.82) is 0 Å². The van der Waals surface area contributed by atoms with Gasteiger partial charge in [-0.2, -0.15) is 0 Å². The van der Waals surface area contributed by atoms with Crippen molar-refractivity contribution in [2.75, 3.05) is 33.9 Å². The zero-order valence-corrected chi connectivity index (χ0v) is 27.6. The summed E-state index contributed by atoms with van der Waals surface area (Å²) in [4.78, 5) is 62.6. The molecule has 0 aromatic heterocycles. The van der Waals surface area contributed by atoms with Gasteiger partial charge in [0.2, 0.25) is 11.8 Å². The van der Waals surface area contributed by atoms with Gasteiger partial charge < -0.3 is 39.7 Å². The molecule has 1 heterocycles. The molecule has 256 valence electrons. The van der Waals surface area contributed by atoms with Crippen molar-refractivity contribution in [3.05, 3.63) is 102 Å². The van der Waals surface area contributed by atoms with E-state index >= 15 is 0 Å². The number of hydrogen-bond donors (Lipinski definition) is 5. The van der Waals surface area contributed by atoms with E-state index < -0.39 is 32.0 Å². The summed E-state index contributed by atoms with van der Waals surface area (Å²) in [6.45, 7) is 4.18. The molecule has 4 rings (SSSR count). The molecule has 1 saturated heterocycles. The summed E-state index contributed by atoms with van der Waals surface area (Å²) in [5.41, 5.74) is 2.11. The summed E-state index contributed by atoms with van der Waals surface area (Å²) < 4.78 is 27.0. The number of phosphoric ester groups is 1. The fraction of sp³-hybridized carbons (Fsp3) is 0.303. The molecule has 0 aliphatic carbocycles. The number of para-hydroxylation sites is 1. The molecule has 15 heteroatoms. The van der Waals surface area contributed by atoms with Crippen LogP contribution in [-0.2, 0) is 33.7 Å². The maximum absolute atomic E-state index is 14.3. The van der Waals surface area contributed by atoms with Crippen LogP contribution in [0.1, 0.15) is 16.7 Å². The van der Waals surface area contributed by atoms with Crippen LogP contribution in [-0.4, -0.2) is 83.5 Å². The Morgan fingerprint density at radius 1 is 1.00 bits per heavy atom. The zero-order chi connectivity index (χ0) is 34.7. The number of nitrogens with one attached hydrogen (secondary N) is 3. The summed E-state index contributed by atoms with van der Waals surface area (Å²) in [5, 5.41) is 8.70. The Morgan fingerprint density at radius 2 is 1.73 bits per heavy atom. The molecule has 0 spiro atoms. The molecule has 2 atom stereocenters. The van der Waals surface area contributed by atoms with E-state index in [-0.39, 0.29) is 44.3 Å². The first kappa shape index (κ1) is 36.0. The second-order valence-electron chi connectivity index (χ2n) is 10.9. The van der Waals surface area contributed by atoms with Gasteiger partial charge in [-0.3, -0.25) is 19.4 Å². The molecule has 48 heavy (non-hydrogen) atoms. The molecule has 0 radical (unpaired) electrons. The van der Waals surface area contributed by atoms with E-state index in [9.17, 15) is 28.7 Å². The number of benzene rings is 3. The van der Waals surface area contributed by atoms with Crippen LogP contribution in [0.5, 0.6) is 17.2 Å². The number of carbonyl (C=O) groups excluding carboxylic acids is 3. The Bertz CT molecular complexity index is 1620. The lowest BCUT2D eigenvalue weighted by atomic mass is 9.99. The molecule has 3 aromatic carbocycles. The summed E-state index contributed by atoms with van der Waals surface area (Å²) in [6, 6.07) is 18.9. The number of piperazine rings is 1. The lowest BCUT2D eigenvalue weighted by molar-refractivity contribution is -0.157. The highest BCUT2D eigenvalue weighted by Gasteiger charge is 2.44. The topological polar surface area (TPSA) is 179 Å². The van der Waals surface area contributed by atoms with E-state index in [4.69, 9.17) is 9.47 Å². The normalized spacial score (nSPS) is 16.2. The number of carbonyl (C=O) groups is 3. The first-order chi connectivity index (χ1) is 23.0. The van der Waals surface area contributed by atoms with Gasteiger partial charge in [-0.25, -0.2) is 9.36 Å². The first-order valence-electron chi connectivity index (χ1n) is 15.1. The fourth-order valence-electron chi connectivity index (χ4n) is 5.41. The molecule has 1 aliphatic rings. The SMILES string of the molecule is C=CCNCC(=O)N1[C@@H](NC(=O)NCc2ccccc2)CN(Cc2cccc(OC)c2OC)C(=O)[C@@H]1Cc1ccc(OP(=O)(O)O)cc1. The van der Waals surface area contributed by atoms with Gasteiger partial charge >= 0.3 is 13.9 Å². The summed E-state index contributed by atoms with van der Waals surface area (Å²) in [6.07, 6.45) is 0.691. The average molecular weight is 682 g/mol. The van der Waals surface area contributed by atoms with E-state index in [1.807, 2.05) is 30.3 Å². The maximum Gasteiger partial charge on any atom is 0.524 e. The second kappa shape index (κ2) is 16.8. The minimum Gasteiger partial charge on any atom is -0.493 e. The van der Waals surface area contributed by atoms with Crippen LogP contribution < -0.4 is 29.9 Å². The zero-order valence-electron chi connectivity index (χ0n) is 26.7. The van der Waals surface area contributed by atoms with Crippen molar-refractivity contribution in [1.82, 2.24) is 25.8 Å². The summed E-state index contributed by atoms with van der Waals surface area (Å²) >= 11 is 0. The monoisotopic (exact) mass is 681 g/mol. The van der Waals surface area contributed by atoms with E-state index in [0.717, 1.165) is 5.56 Å². The van der Waals surface area contributed by atoms with Gasteiger partial charge in [0.15, 0.2) is 11.5 Å². The molecule has 1 aliphatic heterocycles. The summed E-state index contributed by atoms with van der Waals surface area (Å²) in [7, 11) is -1.77. The molecule has 1 fully saturated rings. The number of rotatable bonds is 15. The molecule has 4 amide bonds. The predicted octanol–water partition coefficient (Wildman–Crippen LogP) is 2.56.